The van der Waals surface area contributed by atoms with Gasteiger partial charge < -0.3 is 8.83 Å². The highest BCUT2D eigenvalue weighted by Crippen LogP contribution is 2.27. The summed E-state index contributed by atoms with van der Waals surface area (Å²) in [6, 6.07) is 10.7. The number of allylic oxidation sites excluding steroid dienone is 1. The van der Waals surface area contributed by atoms with Crippen LogP contribution in [0.4, 0.5) is 0 Å². The van der Waals surface area contributed by atoms with E-state index in [1.807, 2.05) is 12.1 Å². The molecule has 0 atom stereocenters. The van der Waals surface area contributed by atoms with Crippen molar-refractivity contribution < 1.29 is 13.6 Å². The largest absolute Gasteiger partial charge is 0.464 e. The van der Waals surface area contributed by atoms with Crippen LogP contribution in [0.15, 0.2) is 63.8 Å². The molecule has 4 aromatic rings. The first-order valence-corrected chi connectivity index (χ1v) is 7.93. The van der Waals surface area contributed by atoms with E-state index in [1.165, 1.54) is 12.3 Å². The summed E-state index contributed by atoms with van der Waals surface area (Å²) in [6.07, 6.45) is 6.19. The van der Waals surface area contributed by atoms with E-state index in [9.17, 15) is 4.79 Å². The van der Waals surface area contributed by atoms with Crippen molar-refractivity contribution >= 4 is 56.6 Å². The van der Waals surface area contributed by atoms with Crippen molar-refractivity contribution in [3.8, 4) is 0 Å². The molecule has 0 spiro atoms. The van der Waals surface area contributed by atoms with Gasteiger partial charge in [0.2, 0.25) is 5.78 Å². The summed E-state index contributed by atoms with van der Waals surface area (Å²) in [6.45, 7) is 0. The van der Waals surface area contributed by atoms with E-state index in [1.54, 1.807) is 36.6 Å². The molecule has 2 heterocycles. The second-order valence-corrected chi connectivity index (χ2v) is 6.20. The predicted octanol–water partition coefficient (Wildman–Crippen LogP) is 6.38. The number of halogens is 2. The number of rotatable bonds is 3. The minimum atomic E-state index is -0.245. The van der Waals surface area contributed by atoms with Gasteiger partial charge in [-0.15, -0.1) is 0 Å². The minimum Gasteiger partial charge on any atom is -0.464 e. The third kappa shape index (κ3) is 2.62. The Kier molecular flexibility index (Phi) is 3.68. The molecule has 3 nitrogen and oxygen atoms in total. The summed E-state index contributed by atoms with van der Waals surface area (Å²) in [7, 11) is 0. The highest BCUT2D eigenvalue weighted by atomic mass is 35.5. The molecule has 0 saturated carbocycles. The van der Waals surface area contributed by atoms with Crippen LogP contribution in [0.2, 0.25) is 10.0 Å². The first-order chi connectivity index (χ1) is 11.6. The Labute approximate surface area is 147 Å². The maximum absolute atomic E-state index is 12.4. The van der Waals surface area contributed by atoms with Crippen molar-refractivity contribution in [1.82, 2.24) is 0 Å². The fourth-order valence-corrected chi connectivity index (χ4v) is 2.98. The van der Waals surface area contributed by atoms with Crippen molar-refractivity contribution in [1.29, 1.82) is 0 Å². The van der Waals surface area contributed by atoms with Gasteiger partial charge in [-0.2, -0.15) is 0 Å². The SMILES string of the molecule is O=C(C=Cc1occ2cc(Cl)ccc12)c1occ2cc(Cl)ccc12. The van der Waals surface area contributed by atoms with E-state index >= 15 is 0 Å². The van der Waals surface area contributed by atoms with Gasteiger partial charge in [0.1, 0.15) is 5.76 Å². The zero-order valence-electron chi connectivity index (χ0n) is 12.3. The van der Waals surface area contributed by atoms with Crippen LogP contribution in [0.1, 0.15) is 16.3 Å². The van der Waals surface area contributed by atoms with Crippen molar-refractivity contribution in [2.24, 2.45) is 0 Å². The van der Waals surface area contributed by atoms with E-state index in [0.717, 1.165) is 21.5 Å². The molecule has 0 aliphatic rings. The van der Waals surface area contributed by atoms with Gasteiger partial charge >= 0.3 is 0 Å². The van der Waals surface area contributed by atoms with Crippen LogP contribution in [-0.2, 0) is 0 Å². The van der Waals surface area contributed by atoms with Gasteiger partial charge in [-0.05, 0) is 48.6 Å². The molecular weight excluding hydrogens is 347 g/mol. The van der Waals surface area contributed by atoms with Crippen LogP contribution < -0.4 is 0 Å². The van der Waals surface area contributed by atoms with Crippen LogP contribution in [0.3, 0.4) is 0 Å². The molecule has 2 aromatic heterocycles. The summed E-state index contributed by atoms with van der Waals surface area (Å²) in [5.74, 6) is 0.622. The van der Waals surface area contributed by atoms with Crippen LogP contribution in [-0.4, -0.2) is 5.78 Å². The number of furan rings is 2. The molecule has 0 bridgehead atoms. The van der Waals surface area contributed by atoms with Crippen LogP contribution in [0, 0.1) is 0 Å². The molecule has 0 N–H and O–H groups in total. The highest BCUT2D eigenvalue weighted by molar-refractivity contribution is 6.31. The third-order valence-electron chi connectivity index (χ3n) is 3.76. The number of benzene rings is 2. The van der Waals surface area contributed by atoms with Gasteiger partial charge in [-0.25, -0.2) is 0 Å². The summed E-state index contributed by atoms with van der Waals surface area (Å²) in [4.78, 5) is 12.4. The molecule has 0 fully saturated rings. The van der Waals surface area contributed by atoms with E-state index < -0.39 is 0 Å². The molecule has 5 heteroatoms. The Hall–Kier alpha value is -2.49. The van der Waals surface area contributed by atoms with Gasteiger partial charge in [0.05, 0.1) is 12.5 Å². The summed E-state index contributed by atoms with van der Waals surface area (Å²) in [5.41, 5.74) is 0. The van der Waals surface area contributed by atoms with Crippen molar-refractivity contribution in [2.75, 3.05) is 0 Å². The first kappa shape index (κ1) is 15.1. The molecule has 0 unspecified atom stereocenters. The minimum absolute atomic E-state index is 0.245. The lowest BCUT2D eigenvalue weighted by atomic mass is 10.1. The molecule has 0 radical (unpaired) electrons. The Morgan fingerprint density at radius 2 is 1.50 bits per heavy atom. The van der Waals surface area contributed by atoms with E-state index in [4.69, 9.17) is 32.0 Å². The quantitative estimate of drug-likeness (QED) is 0.316. The van der Waals surface area contributed by atoms with Gasteiger partial charge in [0, 0.05) is 31.6 Å². The summed E-state index contributed by atoms with van der Waals surface area (Å²) in [5, 5.41) is 4.52. The number of fused-ring (bicyclic) bond motifs is 2. The molecule has 0 amide bonds. The Morgan fingerprint density at radius 3 is 2.25 bits per heavy atom. The lowest BCUT2D eigenvalue weighted by molar-refractivity contribution is 0.102. The highest BCUT2D eigenvalue weighted by Gasteiger charge is 2.13. The maximum Gasteiger partial charge on any atom is 0.221 e. The van der Waals surface area contributed by atoms with E-state index in [0.29, 0.717) is 15.8 Å². The number of hydrogen-bond acceptors (Lipinski definition) is 3. The zero-order chi connectivity index (χ0) is 16.7. The van der Waals surface area contributed by atoms with E-state index in [2.05, 4.69) is 0 Å². The number of carbonyl (C=O) groups is 1. The van der Waals surface area contributed by atoms with Gasteiger partial charge in [0.25, 0.3) is 0 Å². The zero-order valence-corrected chi connectivity index (χ0v) is 13.8. The van der Waals surface area contributed by atoms with Gasteiger partial charge in [0.15, 0.2) is 5.76 Å². The molecule has 2 aromatic carbocycles. The van der Waals surface area contributed by atoms with Crippen molar-refractivity contribution in [2.45, 2.75) is 0 Å². The van der Waals surface area contributed by atoms with Gasteiger partial charge in [-0.1, -0.05) is 23.2 Å². The smallest absolute Gasteiger partial charge is 0.221 e. The van der Waals surface area contributed by atoms with Crippen molar-refractivity contribution in [3.05, 3.63) is 76.6 Å². The average molecular weight is 357 g/mol. The summed E-state index contributed by atoms with van der Waals surface area (Å²) >= 11 is 11.9. The van der Waals surface area contributed by atoms with E-state index in [-0.39, 0.29) is 11.5 Å². The molecule has 4 rings (SSSR count). The number of hydrogen-bond donors (Lipinski definition) is 0. The second-order valence-electron chi connectivity index (χ2n) is 5.33. The molecule has 0 aliphatic carbocycles. The topological polar surface area (TPSA) is 43.4 Å². The maximum atomic E-state index is 12.4. The normalized spacial score (nSPS) is 11.8. The molecule has 118 valence electrons. The fourth-order valence-electron chi connectivity index (χ4n) is 2.62. The Balaban J connectivity index is 1.68. The lowest BCUT2D eigenvalue weighted by Crippen LogP contribution is -1.91. The standard InChI is InChI=1S/C19H10Cl2O3/c20-13-1-3-15-11(7-13)9-23-18(15)6-5-17(22)19-16-4-2-14(21)8-12(16)10-24-19/h1-10H. The third-order valence-corrected chi connectivity index (χ3v) is 4.23. The van der Waals surface area contributed by atoms with Crippen LogP contribution in [0.25, 0.3) is 27.6 Å². The second kappa shape index (κ2) is 5.86. The molecule has 0 saturated heterocycles. The molecule has 0 aliphatic heterocycles. The summed E-state index contributed by atoms with van der Waals surface area (Å²) < 4.78 is 10.9. The van der Waals surface area contributed by atoms with Gasteiger partial charge in [-0.3, -0.25) is 4.79 Å². The molecule has 24 heavy (non-hydrogen) atoms. The van der Waals surface area contributed by atoms with Crippen LogP contribution >= 0.6 is 23.2 Å². The number of carbonyl (C=O) groups excluding carboxylic acids is 1. The monoisotopic (exact) mass is 356 g/mol. The Bertz CT molecular complexity index is 1100. The predicted molar refractivity (Wildman–Crippen MR) is 95.8 cm³/mol. The first-order valence-electron chi connectivity index (χ1n) is 7.18. The average Bonchev–Trinajstić information content (AvgIpc) is 3.15. The lowest BCUT2D eigenvalue weighted by Gasteiger charge is -1.94. The number of ketones is 1. The Morgan fingerprint density at radius 1 is 0.875 bits per heavy atom. The van der Waals surface area contributed by atoms with Crippen LogP contribution in [0.5, 0.6) is 0 Å². The molecular formula is C19H10Cl2O3. The van der Waals surface area contributed by atoms with Crippen molar-refractivity contribution in [3.63, 3.8) is 0 Å². The fraction of sp³-hybridized carbons (Fsp3) is 0.